The van der Waals surface area contributed by atoms with Crippen LogP contribution in [0.15, 0.2) is 29.6 Å². The molecule has 1 aromatic heterocycles. The molecule has 0 fully saturated rings. The number of nitrogens with zero attached hydrogens (tertiary/aromatic N) is 1. The van der Waals surface area contributed by atoms with E-state index >= 15 is 0 Å². The lowest BCUT2D eigenvalue weighted by molar-refractivity contribution is 0.299. The average molecular weight is 290 g/mol. The zero-order valence-electron chi connectivity index (χ0n) is 12.3. The third-order valence-corrected chi connectivity index (χ3v) is 3.89. The lowest BCUT2D eigenvalue weighted by Crippen LogP contribution is -2.21. The van der Waals surface area contributed by atoms with E-state index in [1.165, 1.54) is 5.56 Å². The second-order valence-electron chi connectivity index (χ2n) is 5.02. The lowest BCUT2D eigenvalue weighted by atomic mass is 10.1. The Morgan fingerprint density at radius 1 is 1.30 bits per heavy atom. The first-order chi connectivity index (χ1) is 9.69. The van der Waals surface area contributed by atoms with Crippen LogP contribution in [0, 0.1) is 0 Å². The van der Waals surface area contributed by atoms with Gasteiger partial charge in [0, 0.05) is 18.0 Å². The maximum Gasteiger partial charge on any atom is 0.131 e. The molecule has 1 heterocycles. The molecule has 0 aliphatic carbocycles. The number of rotatable bonds is 7. The molecule has 20 heavy (non-hydrogen) atoms. The number of nitrogens with one attached hydrogen (secondary N) is 1. The Bertz CT molecular complexity index is 537. The van der Waals surface area contributed by atoms with Crippen molar-refractivity contribution in [1.82, 2.24) is 10.3 Å². The van der Waals surface area contributed by atoms with Gasteiger partial charge < -0.3 is 10.1 Å². The first kappa shape index (κ1) is 15.0. The summed E-state index contributed by atoms with van der Waals surface area (Å²) in [4.78, 5) is 4.58. The molecule has 3 nitrogen and oxygen atoms in total. The van der Waals surface area contributed by atoms with E-state index in [-0.39, 0.29) is 0 Å². The maximum atomic E-state index is 5.88. The summed E-state index contributed by atoms with van der Waals surface area (Å²) in [7, 11) is 0. The molecule has 0 radical (unpaired) electrons. The largest absolute Gasteiger partial charge is 0.487 e. The van der Waals surface area contributed by atoms with Gasteiger partial charge in [-0.15, -0.1) is 11.3 Å². The van der Waals surface area contributed by atoms with Crippen LogP contribution in [0.5, 0.6) is 5.75 Å². The summed E-state index contributed by atoms with van der Waals surface area (Å²) in [6.45, 7) is 7.78. The van der Waals surface area contributed by atoms with Crippen molar-refractivity contribution in [3.8, 4) is 5.75 Å². The molecule has 2 rings (SSSR count). The number of ether oxygens (including phenoxy) is 1. The van der Waals surface area contributed by atoms with Crippen molar-refractivity contribution in [3.63, 3.8) is 0 Å². The van der Waals surface area contributed by atoms with Crippen LogP contribution in [0.2, 0.25) is 0 Å². The van der Waals surface area contributed by atoms with E-state index in [4.69, 9.17) is 4.74 Å². The first-order valence-corrected chi connectivity index (χ1v) is 7.94. The van der Waals surface area contributed by atoms with E-state index in [1.54, 1.807) is 11.3 Å². The molecular weight excluding hydrogens is 268 g/mol. The van der Waals surface area contributed by atoms with Crippen LogP contribution < -0.4 is 10.1 Å². The van der Waals surface area contributed by atoms with Crippen molar-refractivity contribution in [2.45, 2.75) is 46.4 Å². The Morgan fingerprint density at radius 3 is 2.85 bits per heavy atom. The van der Waals surface area contributed by atoms with Gasteiger partial charge in [-0.1, -0.05) is 39.0 Å². The first-order valence-electron chi connectivity index (χ1n) is 7.06. The van der Waals surface area contributed by atoms with E-state index in [1.807, 2.05) is 18.2 Å². The number of hydrogen-bond donors (Lipinski definition) is 1. The molecular formula is C16H22N2OS. The fraction of sp³-hybridized carbons (Fsp3) is 0.438. The topological polar surface area (TPSA) is 34.1 Å². The Morgan fingerprint density at radius 2 is 2.10 bits per heavy atom. The summed E-state index contributed by atoms with van der Waals surface area (Å²) in [5.41, 5.74) is 2.24. The predicted molar refractivity (Wildman–Crippen MR) is 84.2 cm³/mol. The molecule has 4 heteroatoms. The molecule has 0 unspecified atom stereocenters. The average Bonchev–Trinajstić information content (AvgIpc) is 2.91. The van der Waals surface area contributed by atoms with Crippen molar-refractivity contribution >= 4 is 11.3 Å². The van der Waals surface area contributed by atoms with Gasteiger partial charge in [0.2, 0.25) is 0 Å². The van der Waals surface area contributed by atoms with Gasteiger partial charge in [0.05, 0.1) is 5.69 Å². The van der Waals surface area contributed by atoms with Crippen molar-refractivity contribution in [2.24, 2.45) is 0 Å². The molecule has 0 atom stereocenters. The highest BCUT2D eigenvalue weighted by Crippen LogP contribution is 2.20. The minimum atomic E-state index is 0.482. The molecule has 0 saturated heterocycles. The van der Waals surface area contributed by atoms with Crippen molar-refractivity contribution in [3.05, 3.63) is 45.9 Å². The second kappa shape index (κ2) is 7.41. The van der Waals surface area contributed by atoms with E-state index in [0.717, 1.165) is 29.4 Å². The number of hydrogen-bond acceptors (Lipinski definition) is 4. The number of para-hydroxylation sites is 1. The third-order valence-electron chi connectivity index (χ3n) is 2.99. The van der Waals surface area contributed by atoms with Crippen LogP contribution in [0.25, 0.3) is 0 Å². The monoisotopic (exact) mass is 290 g/mol. The molecule has 0 saturated carbocycles. The summed E-state index contributed by atoms with van der Waals surface area (Å²) in [5.74, 6) is 0.963. The standard InChI is InChI=1S/C16H22N2OS/c1-4-13-7-5-6-8-15(13)19-10-14-11-20-16(18-14)9-17-12(2)3/h5-8,11-12,17H,4,9-10H2,1-3H3. The van der Waals surface area contributed by atoms with E-state index in [2.05, 4.69) is 42.5 Å². The van der Waals surface area contributed by atoms with Gasteiger partial charge in [-0.05, 0) is 18.1 Å². The number of aryl methyl sites for hydroxylation is 1. The molecule has 0 amide bonds. The maximum absolute atomic E-state index is 5.88. The summed E-state index contributed by atoms with van der Waals surface area (Å²) >= 11 is 1.68. The SMILES string of the molecule is CCc1ccccc1OCc1csc(CNC(C)C)n1. The summed E-state index contributed by atoms with van der Waals surface area (Å²) < 4.78 is 5.88. The van der Waals surface area contributed by atoms with Crippen LogP contribution in [-0.2, 0) is 19.6 Å². The Hall–Kier alpha value is -1.39. The molecule has 0 spiro atoms. The molecule has 1 N–H and O–H groups in total. The Balaban J connectivity index is 1.91. The van der Waals surface area contributed by atoms with Crippen molar-refractivity contribution < 1.29 is 4.74 Å². The molecule has 0 bridgehead atoms. The Kier molecular flexibility index (Phi) is 5.56. The van der Waals surface area contributed by atoms with Crippen LogP contribution in [0.4, 0.5) is 0 Å². The predicted octanol–water partition coefficient (Wildman–Crippen LogP) is 3.78. The number of aromatic nitrogens is 1. The second-order valence-corrected chi connectivity index (χ2v) is 5.96. The summed E-state index contributed by atoms with van der Waals surface area (Å²) in [5, 5.41) is 6.56. The van der Waals surface area contributed by atoms with Gasteiger partial charge in [-0.2, -0.15) is 0 Å². The zero-order chi connectivity index (χ0) is 14.4. The molecule has 0 aliphatic rings. The van der Waals surface area contributed by atoms with Crippen LogP contribution >= 0.6 is 11.3 Å². The highest BCUT2D eigenvalue weighted by molar-refractivity contribution is 7.09. The molecule has 0 aliphatic heterocycles. The minimum absolute atomic E-state index is 0.482. The van der Waals surface area contributed by atoms with Gasteiger partial charge in [-0.3, -0.25) is 0 Å². The smallest absolute Gasteiger partial charge is 0.131 e. The summed E-state index contributed by atoms with van der Waals surface area (Å²) in [6, 6.07) is 8.66. The lowest BCUT2D eigenvalue weighted by Gasteiger charge is -2.08. The van der Waals surface area contributed by atoms with Gasteiger partial charge in [0.1, 0.15) is 17.4 Å². The van der Waals surface area contributed by atoms with Crippen molar-refractivity contribution in [1.29, 1.82) is 0 Å². The Labute approximate surface area is 125 Å². The molecule has 108 valence electrons. The van der Waals surface area contributed by atoms with Crippen LogP contribution in [0.1, 0.15) is 37.0 Å². The summed E-state index contributed by atoms with van der Waals surface area (Å²) in [6.07, 6.45) is 0.983. The zero-order valence-corrected chi connectivity index (χ0v) is 13.2. The van der Waals surface area contributed by atoms with E-state index in [0.29, 0.717) is 12.6 Å². The van der Waals surface area contributed by atoms with Crippen molar-refractivity contribution in [2.75, 3.05) is 0 Å². The fourth-order valence-corrected chi connectivity index (χ4v) is 2.61. The van der Waals surface area contributed by atoms with Gasteiger partial charge in [0.25, 0.3) is 0 Å². The van der Waals surface area contributed by atoms with E-state index in [9.17, 15) is 0 Å². The third kappa shape index (κ3) is 4.32. The van der Waals surface area contributed by atoms with Crippen LogP contribution in [0.3, 0.4) is 0 Å². The molecule has 1 aromatic carbocycles. The highest BCUT2D eigenvalue weighted by Gasteiger charge is 2.05. The molecule has 2 aromatic rings. The van der Waals surface area contributed by atoms with Gasteiger partial charge >= 0.3 is 0 Å². The number of thiazole rings is 1. The quantitative estimate of drug-likeness (QED) is 0.842. The highest BCUT2D eigenvalue weighted by atomic mass is 32.1. The fourth-order valence-electron chi connectivity index (χ4n) is 1.88. The van der Waals surface area contributed by atoms with Crippen LogP contribution in [-0.4, -0.2) is 11.0 Å². The van der Waals surface area contributed by atoms with E-state index < -0.39 is 0 Å². The van der Waals surface area contributed by atoms with Gasteiger partial charge in [-0.25, -0.2) is 4.98 Å². The number of benzene rings is 1. The normalized spacial score (nSPS) is 11.0. The van der Waals surface area contributed by atoms with Gasteiger partial charge in [0.15, 0.2) is 0 Å². The minimum Gasteiger partial charge on any atom is -0.487 e.